The molecule has 0 radical (unpaired) electrons. The third-order valence-corrected chi connectivity index (χ3v) is 4.08. The highest BCUT2D eigenvalue weighted by Crippen LogP contribution is 2.27. The van der Waals surface area contributed by atoms with Crippen molar-refractivity contribution in [1.29, 1.82) is 0 Å². The van der Waals surface area contributed by atoms with Crippen LogP contribution in [-0.4, -0.2) is 18.1 Å². The van der Waals surface area contributed by atoms with Crippen LogP contribution in [0.4, 0.5) is 5.82 Å². The van der Waals surface area contributed by atoms with Crippen molar-refractivity contribution in [3.8, 4) is 0 Å². The lowest BCUT2D eigenvalue weighted by Gasteiger charge is -2.34. The number of piperidine rings is 1. The van der Waals surface area contributed by atoms with Gasteiger partial charge in [-0.3, -0.25) is 0 Å². The van der Waals surface area contributed by atoms with Gasteiger partial charge in [0.2, 0.25) is 0 Å². The molecule has 3 heteroatoms. The average molecular weight is 253 g/mol. The summed E-state index contributed by atoms with van der Waals surface area (Å²) in [5.74, 6) is 3.34. The fourth-order valence-corrected chi connectivity index (χ4v) is 2.68. The predicted octanol–water partition coefficient (Wildman–Crippen LogP) is 3.69. The summed E-state index contributed by atoms with van der Waals surface area (Å²) in [4.78, 5) is 6.83. The number of hydrogen-bond donors (Lipinski definition) is 0. The summed E-state index contributed by atoms with van der Waals surface area (Å²) in [6.45, 7) is 6.91. The molecule has 0 saturated carbocycles. The maximum atomic E-state index is 5.86. The van der Waals surface area contributed by atoms with Crippen molar-refractivity contribution < 1.29 is 0 Å². The lowest BCUT2D eigenvalue weighted by molar-refractivity contribution is 0.310. The Labute approximate surface area is 109 Å². The molecular formula is C14H21ClN2. The molecule has 2 heterocycles. The summed E-state index contributed by atoms with van der Waals surface area (Å²) in [6.07, 6.45) is 4.43. The van der Waals surface area contributed by atoms with E-state index in [4.69, 9.17) is 11.6 Å². The molecule has 17 heavy (non-hydrogen) atoms. The van der Waals surface area contributed by atoms with Crippen LogP contribution in [0.15, 0.2) is 18.3 Å². The summed E-state index contributed by atoms with van der Waals surface area (Å²) >= 11 is 5.86. The molecule has 0 amide bonds. The van der Waals surface area contributed by atoms with Gasteiger partial charge in [-0.25, -0.2) is 4.98 Å². The SMILES string of the molecule is CC(C)C1CCN(c2cc(CCl)ccn2)CC1. The van der Waals surface area contributed by atoms with Crippen molar-refractivity contribution in [2.45, 2.75) is 32.6 Å². The van der Waals surface area contributed by atoms with Gasteiger partial charge in [-0.1, -0.05) is 13.8 Å². The molecule has 2 nitrogen and oxygen atoms in total. The Morgan fingerprint density at radius 2 is 2.12 bits per heavy atom. The van der Waals surface area contributed by atoms with Gasteiger partial charge in [0.15, 0.2) is 0 Å². The van der Waals surface area contributed by atoms with Gasteiger partial charge in [-0.15, -0.1) is 11.6 Å². The molecular weight excluding hydrogens is 232 g/mol. The molecule has 1 saturated heterocycles. The van der Waals surface area contributed by atoms with E-state index in [0.29, 0.717) is 5.88 Å². The average Bonchev–Trinajstić information content (AvgIpc) is 2.39. The summed E-state index contributed by atoms with van der Waals surface area (Å²) < 4.78 is 0. The van der Waals surface area contributed by atoms with Crippen molar-refractivity contribution in [3.63, 3.8) is 0 Å². The number of nitrogens with zero attached hydrogens (tertiary/aromatic N) is 2. The van der Waals surface area contributed by atoms with Gasteiger partial charge in [-0.05, 0) is 42.4 Å². The Balaban J connectivity index is 2.00. The minimum Gasteiger partial charge on any atom is -0.357 e. The molecule has 0 aliphatic carbocycles. The molecule has 1 fully saturated rings. The van der Waals surface area contributed by atoms with Crippen LogP contribution in [0.5, 0.6) is 0 Å². The van der Waals surface area contributed by atoms with Gasteiger partial charge in [0.25, 0.3) is 0 Å². The van der Waals surface area contributed by atoms with Gasteiger partial charge in [0, 0.05) is 25.2 Å². The van der Waals surface area contributed by atoms with E-state index >= 15 is 0 Å². The van der Waals surface area contributed by atoms with E-state index in [0.717, 1.165) is 36.3 Å². The highest BCUT2D eigenvalue weighted by molar-refractivity contribution is 6.17. The van der Waals surface area contributed by atoms with Crippen LogP contribution in [0.1, 0.15) is 32.3 Å². The van der Waals surface area contributed by atoms with Crippen LogP contribution in [0, 0.1) is 11.8 Å². The van der Waals surface area contributed by atoms with E-state index in [1.54, 1.807) is 0 Å². The first-order chi connectivity index (χ1) is 8.20. The third-order valence-electron chi connectivity index (χ3n) is 3.77. The zero-order valence-corrected chi connectivity index (χ0v) is 11.5. The van der Waals surface area contributed by atoms with E-state index in [2.05, 4.69) is 29.8 Å². The zero-order chi connectivity index (χ0) is 12.3. The van der Waals surface area contributed by atoms with Crippen LogP contribution in [0.2, 0.25) is 0 Å². The monoisotopic (exact) mass is 252 g/mol. The number of pyridine rings is 1. The van der Waals surface area contributed by atoms with E-state index in [-0.39, 0.29) is 0 Å². The predicted molar refractivity (Wildman–Crippen MR) is 73.6 cm³/mol. The van der Waals surface area contributed by atoms with Crippen molar-refractivity contribution in [2.75, 3.05) is 18.0 Å². The molecule has 94 valence electrons. The standard InChI is InChI=1S/C14H21ClN2/c1-11(2)13-4-7-17(8-5-13)14-9-12(10-15)3-6-16-14/h3,6,9,11,13H,4-5,7-8,10H2,1-2H3. The lowest BCUT2D eigenvalue weighted by Crippen LogP contribution is -2.35. The third kappa shape index (κ3) is 3.12. The Morgan fingerprint density at radius 1 is 1.41 bits per heavy atom. The Bertz CT molecular complexity index is 357. The van der Waals surface area contributed by atoms with E-state index in [1.807, 2.05) is 12.3 Å². The molecule has 0 unspecified atom stereocenters. The molecule has 1 aliphatic heterocycles. The first-order valence-electron chi connectivity index (χ1n) is 6.46. The quantitative estimate of drug-likeness (QED) is 0.763. The molecule has 1 aromatic heterocycles. The summed E-state index contributed by atoms with van der Waals surface area (Å²) in [7, 11) is 0. The number of anilines is 1. The fourth-order valence-electron chi connectivity index (χ4n) is 2.51. The Kier molecular flexibility index (Phi) is 4.27. The minimum atomic E-state index is 0.567. The molecule has 0 spiro atoms. The van der Waals surface area contributed by atoms with Gasteiger partial charge in [0.1, 0.15) is 5.82 Å². The first-order valence-corrected chi connectivity index (χ1v) is 7.00. The highest BCUT2D eigenvalue weighted by Gasteiger charge is 2.22. The van der Waals surface area contributed by atoms with Crippen LogP contribution >= 0.6 is 11.6 Å². The first kappa shape index (κ1) is 12.7. The van der Waals surface area contributed by atoms with Crippen molar-refractivity contribution in [3.05, 3.63) is 23.9 Å². The Hall–Kier alpha value is -0.760. The second-order valence-electron chi connectivity index (χ2n) is 5.22. The normalized spacial score (nSPS) is 17.8. The van der Waals surface area contributed by atoms with Crippen LogP contribution < -0.4 is 4.90 Å². The fraction of sp³-hybridized carbons (Fsp3) is 0.643. The summed E-state index contributed by atoms with van der Waals surface area (Å²) in [5, 5.41) is 0. The second kappa shape index (κ2) is 5.72. The number of alkyl halides is 1. The molecule has 1 aromatic rings. The minimum absolute atomic E-state index is 0.567. The van der Waals surface area contributed by atoms with Crippen molar-refractivity contribution in [2.24, 2.45) is 11.8 Å². The number of hydrogen-bond acceptors (Lipinski definition) is 2. The maximum absolute atomic E-state index is 5.86. The number of halogens is 1. The van der Waals surface area contributed by atoms with Gasteiger partial charge < -0.3 is 4.90 Å². The number of rotatable bonds is 3. The molecule has 0 bridgehead atoms. The van der Waals surface area contributed by atoms with Crippen LogP contribution in [0.3, 0.4) is 0 Å². The summed E-state index contributed by atoms with van der Waals surface area (Å²) in [6, 6.07) is 4.10. The second-order valence-corrected chi connectivity index (χ2v) is 5.49. The van der Waals surface area contributed by atoms with Crippen LogP contribution in [-0.2, 0) is 5.88 Å². The molecule has 2 rings (SSSR count). The molecule has 1 aliphatic rings. The highest BCUT2D eigenvalue weighted by atomic mass is 35.5. The molecule has 0 atom stereocenters. The molecule has 0 aromatic carbocycles. The van der Waals surface area contributed by atoms with E-state index in [9.17, 15) is 0 Å². The van der Waals surface area contributed by atoms with Gasteiger partial charge in [-0.2, -0.15) is 0 Å². The number of aromatic nitrogens is 1. The zero-order valence-electron chi connectivity index (χ0n) is 10.7. The largest absolute Gasteiger partial charge is 0.357 e. The van der Waals surface area contributed by atoms with E-state index < -0.39 is 0 Å². The van der Waals surface area contributed by atoms with Crippen LogP contribution in [0.25, 0.3) is 0 Å². The topological polar surface area (TPSA) is 16.1 Å². The van der Waals surface area contributed by atoms with Crippen molar-refractivity contribution >= 4 is 17.4 Å². The smallest absolute Gasteiger partial charge is 0.128 e. The summed E-state index contributed by atoms with van der Waals surface area (Å²) in [5.41, 5.74) is 1.16. The van der Waals surface area contributed by atoms with E-state index in [1.165, 1.54) is 12.8 Å². The Morgan fingerprint density at radius 3 is 2.71 bits per heavy atom. The maximum Gasteiger partial charge on any atom is 0.128 e. The van der Waals surface area contributed by atoms with Crippen molar-refractivity contribution in [1.82, 2.24) is 4.98 Å². The molecule has 0 N–H and O–H groups in total. The van der Waals surface area contributed by atoms with Gasteiger partial charge in [0.05, 0.1) is 0 Å². The van der Waals surface area contributed by atoms with Gasteiger partial charge >= 0.3 is 0 Å². The lowest BCUT2D eigenvalue weighted by atomic mass is 9.87.